The van der Waals surface area contributed by atoms with Crippen LogP contribution in [0.4, 0.5) is 0 Å². The van der Waals surface area contributed by atoms with Gasteiger partial charge in [-0.05, 0) is 270 Å². The molecule has 24 aromatic rings. The number of furan rings is 4. The van der Waals surface area contributed by atoms with Gasteiger partial charge in [-0.25, -0.2) is 0 Å². The van der Waals surface area contributed by atoms with E-state index in [0.29, 0.717) is 0 Å². The number of hydrogen-bond acceptors (Lipinski definition) is 4. The van der Waals surface area contributed by atoms with E-state index in [1.165, 1.54) is 188 Å². The maximum atomic E-state index is 7.40. The lowest BCUT2D eigenvalue weighted by molar-refractivity contribution is 0.590. The Balaban J connectivity index is 0.000000150. The highest BCUT2D eigenvalue weighted by Crippen LogP contribution is 2.58. The Hall–Kier alpha value is -14.3. The molecule has 132 heavy (non-hydrogen) atoms. The van der Waals surface area contributed by atoms with Crippen LogP contribution in [-0.4, -0.2) is 0 Å². The number of para-hydroxylation sites is 2. The standard InChI is InChI=1S/2C64H54O2/c1-35-15-11-16-36(2)51(35)45-19-13-21-47-57-53(39-23-27-41(28-24-39)63(5,6)7)43-32-34-50-56-44(31-33-49(55(43)56)61(57)65-59(45)47)54(40-25-29-42(30-26-40)64(8,9)10)58-48-22-14-20-46(60(48)66-62(50)58)52-37(3)17-12-18-38(52)4;1-35-13-11-14-36(2)53(35)41-21-31-51-49(33-41)59-55(39-17-23-43(24-18-39)63(5,6)7)45-27-30-48-58-46(28-29-47(57(45)58)61(59)65-51)56(40-19-25-44(26-20-40)64(8,9)10)60-50-34-42(22-32-52(50)66-62(48)60)54-37(3)15-12-16-38(54)4/h2*11-34H,1-10H3. The first-order valence-electron chi connectivity index (χ1n) is 47.0. The molecule has 0 bridgehead atoms. The Kier molecular flexibility index (Phi) is 18.4. The highest BCUT2D eigenvalue weighted by molar-refractivity contribution is 6.43. The lowest BCUT2D eigenvalue weighted by atomic mass is 9.82. The summed E-state index contributed by atoms with van der Waals surface area (Å²) in [6.45, 7) is 45.1. The second-order valence-corrected chi connectivity index (χ2v) is 42.0. The maximum absolute atomic E-state index is 7.40. The molecule has 0 unspecified atom stereocenters. The Bertz CT molecular complexity index is 8340. The minimum absolute atomic E-state index is 0.0242. The van der Waals surface area contributed by atoms with E-state index in [2.05, 4.69) is 430 Å². The molecule has 4 heteroatoms. The predicted molar refractivity (Wildman–Crippen MR) is 566 cm³/mol. The Morgan fingerprint density at radius 2 is 0.371 bits per heavy atom. The maximum Gasteiger partial charge on any atom is 0.143 e. The first kappa shape index (κ1) is 82.1. The number of rotatable bonds is 8. The van der Waals surface area contributed by atoms with Crippen molar-refractivity contribution in [1.29, 1.82) is 0 Å². The van der Waals surface area contributed by atoms with Gasteiger partial charge in [-0.3, -0.25) is 0 Å². The molecule has 0 amide bonds. The van der Waals surface area contributed by atoms with Crippen molar-refractivity contribution in [3.05, 3.63) is 358 Å². The van der Waals surface area contributed by atoms with Crippen LogP contribution in [0.15, 0.2) is 309 Å². The molecule has 4 heterocycles. The molecule has 644 valence electrons. The van der Waals surface area contributed by atoms with Crippen molar-refractivity contribution in [2.45, 2.75) is 160 Å². The summed E-state index contributed by atoms with van der Waals surface area (Å²) in [6, 6.07) is 109. The third kappa shape index (κ3) is 12.6. The second kappa shape index (κ2) is 29.6. The van der Waals surface area contributed by atoms with Gasteiger partial charge in [0.25, 0.3) is 0 Å². The van der Waals surface area contributed by atoms with Gasteiger partial charge < -0.3 is 17.7 Å². The van der Waals surface area contributed by atoms with Gasteiger partial charge >= 0.3 is 0 Å². The molecule has 20 aromatic carbocycles. The van der Waals surface area contributed by atoms with E-state index < -0.39 is 0 Å². The summed E-state index contributed by atoms with van der Waals surface area (Å²) >= 11 is 0. The van der Waals surface area contributed by atoms with E-state index in [-0.39, 0.29) is 21.7 Å². The summed E-state index contributed by atoms with van der Waals surface area (Å²) in [5.41, 5.74) is 41.8. The van der Waals surface area contributed by atoms with Gasteiger partial charge in [0.15, 0.2) is 0 Å². The van der Waals surface area contributed by atoms with Crippen LogP contribution in [0.3, 0.4) is 0 Å². The Morgan fingerprint density at radius 1 is 0.159 bits per heavy atom. The van der Waals surface area contributed by atoms with Crippen LogP contribution in [0.1, 0.15) is 150 Å². The third-order valence-electron chi connectivity index (χ3n) is 29.4. The molecule has 0 aliphatic heterocycles. The summed E-state index contributed by atoms with van der Waals surface area (Å²) in [5, 5.41) is 23.2. The van der Waals surface area contributed by atoms with Gasteiger partial charge in [-0.1, -0.05) is 326 Å². The molecule has 0 spiro atoms. The van der Waals surface area contributed by atoms with Gasteiger partial charge in [0, 0.05) is 120 Å². The smallest absolute Gasteiger partial charge is 0.143 e. The van der Waals surface area contributed by atoms with Gasteiger partial charge in [0.1, 0.15) is 44.7 Å². The highest BCUT2D eigenvalue weighted by Gasteiger charge is 2.33. The molecule has 0 aliphatic rings. The molecular weight excluding hydrogens is 1600 g/mol. The molecule has 0 saturated heterocycles. The highest BCUT2D eigenvalue weighted by atomic mass is 16.3. The topological polar surface area (TPSA) is 52.6 Å². The fourth-order valence-electron chi connectivity index (χ4n) is 22.8. The molecule has 0 fully saturated rings. The number of hydrogen-bond donors (Lipinski definition) is 0. The van der Waals surface area contributed by atoms with Crippen molar-refractivity contribution in [3.8, 4) is 89.0 Å². The van der Waals surface area contributed by atoms with Crippen molar-refractivity contribution in [3.63, 3.8) is 0 Å². The van der Waals surface area contributed by atoms with E-state index in [1.54, 1.807) is 0 Å². The minimum atomic E-state index is 0.0242. The van der Waals surface area contributed by atoms with Gasteiger partial charge in [-0.15, -0.1) is 0 Å². The molecule has 0 saturated carbocycles. The van der Waals surface area contributed by atoms with Gasteiger partial charge in [0.2, 0.25) is 0 Å². The number of benzene rings is 20. The van der Waals surface area contributed by atoms with Gasteiger partial charge in [-0.2, -0.15) is 0 Å². The summed E-state index contributed by atoms with van der Waals surface area (Å²) in [7, 11) is 0. The molecule has 0 aliphatic carbocycles. The SMILES string of the molecule is Cc1cccc(C)c1-c1ccc2oc3c4ccc5c(-c6ccc(C(C)(C)C)cc6)c6c7cc(-c8c(C)cccc8C)ccc7oc6c6ccc(c(-c7ccc(C(C)(C)C)cc7)c3c2c1)c4c56.Cc1cccc(C)c1-c1cccc2c1oc1c3ccc4c(-c5ccc(C(C)(C)C)cc5)c5c6cccc(-c7c(C)cccc7C)c6oc5c5ccc(c(-c6ccc(C(C)(C)C)cc6)c21)c3c45. The van der Waals surface area contributed by atoms with Crippen molar-refractivity contribution >= 4 is 152 Å². The van der Waals surface area contributed by atoms with Crippen molar-refractivity contribution in [2.24, 2.45) is 0 Å². The monoisotopic (exact) mass is 1710 g/mol. The minimum Gasteiger partial charge on any atom is -0.455 e. The predicted octanol–water partition coefficient (Wildman–Crippen LogP) is 37.8. The van der Waals surface area contributed by atoms with E-state index in [4.69, 9.17) is 17.7 Å². The number of fused-ring (bicyclic) bond motifs is 16. The van der Waals surface area contributed by atoms with Crippen LogP contribution in [0, 0.1) is 55.4 Å². The van der Waals surface area contributed by atoms with Crippen LogP contribution >= 0.6 is 0 Å². The van der Waals surface area contributed by atoms with Gasteiger partial charge in [0.05, 0.1) is 0 Å². The zero-order valence-corrected chi connectivity index (χ0v) is 79.3. The van der Waals surface area contributed by atoms with E-state index in [0.717, 1.165) is 120 Å². The lowest BCUT2D eigenvalue weighted by Crippen LogP contribution is -2.10. The summed E-state index contributed by atoms with van der Waals surface area (Å²) in [6.07, 6.45) is 0. The summed E-state index contributed by atoms with van der Waals surface area (Å²) in [4.78, 5) is 0. The third-order valence-corrected chi connectivity index (χ3v) is 29.4. The normalized spacial score (nSPS) is 12.7. The fraction of sp³-hybridized carbons (Fsp3) is 0.188. The number of aryl methyl sites for hydroxylation is 8. The second-order valence-electron chi connectivity index (χ2n) is 42.0. The molecule has 4 nitrogen and oxygen atoms in total. The van der Waals surface area contributed by atoms with Crippen molar-refractivity contribution < 1.29 is 17.7 Å². The molecule has 4 aromatic heterocycles. The first-order valence-corrected chi connectivity index (χ1v) is 47.0. The van der Waals surface area contributed by atoms with E-state index in [1.807, 2.05) is 0 Å². The summed E-state index contributed by atoms with van der Waals surface area (Å²) in [5.74, 6) is 0. The molecule has 0 atom stereocenters. The zero-order valence-electron chi connectivity index (χ0n) is 79.3. The van der Waals surface area contributed by atoms with Crippen molar-refractivity contribution in [1.82, 2.24) is 0 Å². The largest absolute Gasteiger partial charge is 0.455 e. The Labute approximate surface area is 771 Å². The average Bonchev–Trinajstić information content (AvgIpc) is 1.44. The molecule has 0 N–H and O–H groups in total. The molecule has 0 radical (unpaired) electrons. The average molecular weight is 1710 g/mol. The molecular formula is C128H108O4. The quantitative estimate of drug-likeness (QED) is 0.142. The van der Waals surface area contributed by atoms with Crippen molar-refractivity contribution in [2.75, 3.05) is 0 Å². The zero-order chi connectivity index (χ0) is 91.1. The van der Waals surface area contributed by atoms with Crippen LogP contribution in [0.2, 0.25) is 0 Å². The van der Waals surface area contributed by atoms with Crippen LogP contribution < -0.4 is 0 Å². The van der Waals surface area contributed by atoms with Crippen LogP contribution in [-0.2, 0) is 21.7 Å². The summed E-state index contributed by atoms with van der Waals surface area (Å²) < 4.78 is 29.1. The van der Waals surface area contributed by atoms with E-state index >= 15 is 0 Å². The Morgan fingerprint density at radius 3 is 0.629 bits per heavy atom. The molecule has 24 rings (SSSR count). The van der Waals surface area contributed by atoms with Crippen LogP contribution in [0.5, 0.6) is 0 Å². The lowest BCUT2D eigenvalue weighted by Gasteiger charge is -2.21. The first-order chi connectivity index (χ1) is 63.3. The fourth-order valence-corrected chi connectivity index (χ4v) is 22.8. The van der Waals surface area contributed by atoms with Crippen LogP contribution in [0.25, 0.3) is 241 Å². The van der Waals surface area contributed by atoms with E-state index in [9.17, 15) is 0 Å².